The van der Waals surface area contributed by atoms with Gasteiger partial charge in [0.2, 0.25) is 0 Å². The molecule has 1 fully saturated rings. The van der Waals surface area contributed by atoms with Crippen LogP contribution >= 0.6 is 11.5 Å². The minimum absolute atomic E-state index is 0.220. The minimum atomic E-state index is -0.438. The predicted octanol–water partition coefficient (Wildman–Crippen LogP) is 1.29. The summed E-state index contributed by atoms with van der Waals surface area (Å²) in [5.74, 6) is 0. The van der Waals surface area contributed by atoms with Crippen LogP contribution in [-0.2, 0) is 4.74 Å². The van der Waals surface area contributed by atoms with Crippen molar-refractivity contribution in [2.24, 2.45) is 0 Å². The summed E-state index contributed by atoms with van der Waals surface area (Å²) >= 11 is 1.35. The molecule has 0 aliphatic carbocycles. The summed E-state index contributed by atoms with van der Waals surface area (Å²) in [4.78, 5) is 0.918. The van der Waals surface area contributed by atoms with Gasteiger partial charge in [-0.15, -0.1) is 0 Å². The Morgan fingerprint density at radius 1 is 1.80 bits per heavy atom. The Morgan fingerprint density at radius 2 is 2.60 bits per heavy atom. The largest absolute Gasteiger partial charge is 0.387 e. The number of hydrogen-bond acceptors (Lipinski definition) is 5. The second kappa shape index (κ2) is 4.17. The van der Waals surface area contributed by atoms with Gasteiger partial charge in [-0.2, -0.15) is 0 Å². The van der Waals surface area contributed by atoms with Crippen LogP contribution < -0.4 is 5.32 Å². The highest BCUT2D eigenvalue weighted by atomic mass is 32.1. The monoisotopic (exact) mass is 228 g/mol. The van der Waals surface area contributed by atoms with Gasteiger partial charge in [0, 0.05) is 12.2 Å². The van der Waals surface area contributed by atoms with Crippen LogP contribution in [0.3, 0.4) is 0 Å². The first-order valence-electron chi connectivity index (χ1n) is 5.07. The Kier molecular flexibility index (Phi) is 3.06. The van der Waals surface area contributed by atoms with Crippen molar-refractivity contribution >= 4 is 11.5 Å². The fourth-order valence-electron chi connectivity index (χ4n) is 1.79. The summed E-state index contributed by atoms with van der Waals surface area (Å²) in [6.07, 6.45) is 1.95. The van der Waals surface area contributed by atoms with Crippen LogP contribution in [0.2, 0.25) is 0 Å². The molecule has 5 heteroatoms. The number of hydrogen-bond donors (Lipinski definition) is 2. The number of ether oxygens (including phenoxy) is 1. The van der Waals surface area contributed by atoms with E-state index in [1.54, 1.807) is 6.20 Å². The molecule has 1 aliphatic rings. The van der Waals surface area contributed by atoms with Gasteiger partial charge in [0.25, 0.3) is 0 Å². The molecule has 0 unspecified atom stereocenters. The highest BCUT2D eigenvalue weighted by Gasteiger charge is 2.32. The van der Waals surface area contributed by atoms with Gasteiger partial charge >= 0.3 is 0 Å². The van der Waals surface area contributed by atoms with E-state index in [9.17, 15) is 5.11 Å². The zero-order valence-corrected chi connectivity index (χ0v) is 9.75. The first-order valence-corrected chi connectivity index (χ1v) is 5.84. The van der Waals surface area contributed by atoms with E-state index in [2.05, 4.69) is 9.69 Å². The van der Waals surface area contributed by atoms with Gasteiger partial charge in [-0.1, -0.05) is 0 Å². The van der Waals surface area contributed by atoms with Crippen molar-refractivity contribution in [3.8, 4) is 0 Å². The molecule has 0 bridgehead atoms. The lowest BCUT2D eigenvalue weighted by molar-refractivity contribution is 0.0229. The molecule has 0 saturated carbocycles. The molecule has 2 heterocycles. The number of rotatable bonds is 3. The van der Waals surface area contributed by atoms with Crippen LogP contribution in [0.5, 0.6) is 0 Å². The lowest BCUT2D eigenvalue weighted by Crippen LogP contribution is -2.38. The van der Waals surface area contributed by atoms with Crippen LogP contribution in [-0.4, -0.2) is 27.9 Å². The number of nitrogens with zero attached hydrogens (tertiary/aromatic N) is 1. The van der Waals surface area contributed by atoms with E-state index in [1.807, 2.05) is 19.9 Å². The van der Waals surface area contributed by atoms with E-state index in [-0.39, 0.29) is 11.8 Å². The van der Waals surface area contributed by atoms with Gasteiger partial charge in [-0.25, -0.2) is 4.37 Å². The molecule has 2 atom stereocenters. The standard InChI is InChI=1S/C10H16N2O2S/c1-10(2)12-7(6-14-10)5-8(13)9-3-4-11-15-9/h3-4,7-8,12-13H,5-6H2,1-2H3/t7-,8-/m0/s1. The maximum atomic E-state index is 9.91. The van der Waals surface area contributed by atoms with E-state index in [4.69, 9.17) is 4.74 Å². The van der Waals surface area contributed by atoms with Crippen LogP contribution in [0, 0.1) is 0 Å². The minimum Gasteiger partial charge on any atom is -0.387 e. The van der Waals surface area contributed by atoms with Crippen LogP contribution in [0.25, 0.3) is 0 Å². The van der Waals surface area contributed by atoms with Gasteiger partial charge in [-0.3, -0.25) is 5.32 Å². The molecule has 2 rings (SSSR count). The second-order valence-corrected chi connectivity index (χ2v) is 5.19. The Morgan fingerprint density at radius 3 is 3.13 bits per heavy atom. The van der Waals surface area contributed by atoms with E-state index in [0.29, 0.717) is 13.0 Å². The molecule has 1 saturated heterocycles. The maximum absolute atomic E-state index is 9.91. The number of aromatic nitrogens is 1. The predicted molar refractivity (Wildman–Crippen MR) is 58.6 cm³/mol. The first kappa shape index (κ1) is 11.0. The average Bonchev–Trinajstić information content (AvgIpc) is 2.74. The molecule has 0 amide bonds. The fourth-order valence-corrected chi connectivity index (χ4v) is 2.38. The molecule has 15 heavy (non-hydrogen) atoms. The third-order valence-electron chi connectivity index (χ3n) is 2.49. The van der Waals surface area contributed by atoms with Crippen LogP contribution in [0.15, 0.2) is 12.3 Å². The summed E-state index contributed by atoms with van der Waals surface area (Å²) in [7, 11) is 0. The first-order chi connectivity index (χ1) is 7.07. The molecule has 1 aromatic rings. The smallest absolute Gasteiger partial charge is 0.113 e. The Bertz CT molecular complexity index is 313. The molecule has 4 nitrogen and oxygen atoms in total. The molecule has 1 aromatic heterocycles. The molecule has 0 spiro atoms. The summed E-state index contributed by atoms with van der Waals surface area (Å²) in [6.45, 7) is 4.64. The summed E-state index contributed by atoms with van der Waals surface area (Å²) in [6, 6.07) is 2.08. The van der Waals surface area contributed by atoms with E-state index >= 15 is 0 Å². The van der Waals surface area contributed by atoms with Crippen LogP contribution in [0.1, 0.15) is 31.2 Å². The fraction of sp³-hybridized carbons (Fsp3) is 0.700. The molecular formula is C10H16N2O2S. The topological polar surface area (TPSA) is 54.4 Å². The van der Waals surface area contributed by atoms with E-state index in [0.717, 1.165) is 4.88 Å². The Labute approximate surface area is 93.4 Å². The molecule has 2 N–H and O–H groups in total. The van der Waals surface area contributed by atoms with Gasteiger partial charge in [0.1, 0.15) is 5.72 Å². The zero-order chi connectivity index (χ0) is 10.9. The molecule has 0 radical (unpaired) electrons. The number of aliphatic hydroxyl groups excluding tert-OH is 1. The Balaban J connectivity index is 1.88. The molecule has 84 valence electrons. The van der Waals surface area contributed by atoms with Crippen molar-refractivity contribution in [3.05, 3.63) is 17.1 Å². The second-order valence-electron chi connectivity index (χ2n) is 4.33. The van der Waals surface area contributed by atoms with Crippen molar-refractivity contribution in [3.63, 3.8) is 0 Å². The van der Waals surface area contributed by atoms with Gasteiger partial charge < -0.3 is 9.84 Å². The van der Waals surface area contributed by atoms with Crippen molar-refractivity contribution in [2.45, 2.75) is 38.1 Å². The third kappa shape index (κ3) is 2.75. The number of aliphatic hydroxyl groups is 1. The lowest BCUT2D eigenvalue weighted by Gasteiger charge is -2.19. The highest BCUT2D eigenvalue weighted by Crippen LogP contribution is 2.25. The summed E-state index contributed by atoms with van der Waals surface area (Å²) in [5.41, 5.74) is -0.266. The molecule has 1 aliphatic heterocycles. The lowest BCUT2D eigenvalue weighted by atomic mass is 10.1. The van der Waals surface area contributed by atoms with Crippen molar-refractivity contribution in [1.29, 1.82) is 0 Å². The van der Waals surface area contributed by atoms with Crippen molar-refractivity contribution in [1.82, 2.24) is 9.69 Å². The third-order valence-corrected chi connectivity index (χ3v) is 3.34. The summed E-state index contributed by atoms with van der Waals surface area (Å²) in [5, 5.41) is 13.2. The van der Waals surface area contributed by atoms with E-state index in [1.165, 1.54) is 11.5 Å². The number of nitrogens with one attached hydrogen (secondary N) is 1. The van der Waals surface area contributed by atoms with E-state index < -0.39 is 6.10 Å². The van der Waals surface area contributed by atoms with Crippen molar-refractivity contribution in [2.75, 3.05) is 6.61 Å². The molecule has 0 aromatic carbocycles. The zero-order valence-electron chi connectivity index (χ0n) is 8.93. The van der Waals surface area contributed by atoms with Gasteiger partial charge in [0.15, 0.2) is 0 Å². The van der Waals surface area contributed by atoms with Gasteiger partial charge in [0.05, 0.1) is 17.6 Å². The van der Waals surface area contributed by atoms with Crippen LogP contribution in [0.4, 0.5) is 0 Å². The quantitative estimate of drug-likeness (QED) is 0.818. The normalized spacial score (nSPS) is 26.7. The average molecular weight is 228 g/mol. The summed E-state index contributed by atoms with van der Waals surface area (Å²) < 4.78 is 9.51. The molecular weight excluding hydrogens is 212 g/mol. The van der Waals surface area contributed by atoms with Crippen molar-refractivity contribution < 1.29 is 9.84 Å². The van der Waals surface area contributed by atoms with Gasteiger partial charge in [-0.05, 0) is 37.9 Å². The highest BCUT2D eigenvalue weighted by molar-refractivity contribution is 7.05. The maximum Gasteiger partial charge on any atom is 0.113 e. The Hall–Kier alpha value is -0.490. The SMILES string of the molecule is CC1(C)N[C@@H](C[C@H](O)c2ccns2)CO1.